The molecule has 0 fully saturated rings. The molecule has 11 rings (SSSR count). The number of ether oxygens (including phenoxy) is 1. The van der Waals surface area contributed by atoms with Crippen molar-refractivity contribution in [3.05, 3.63) is 204 Å². The summed E-state index contributed by atoms with van der Waals surface area (Å²) in [6.07, 6.45) is 1.96. The summed E-state index contributed by atoms with van der Waals surface area (Å²) in [6.45, 7) is 16.7. The Kier molecular flexibility index (Phi) is 10.3. The smallest absolute Gasteiger partial charge is 0.137 e. The van der Waals surface area contributed by atoms with E-state index < -0.39 is 0 Å². The van der Waals surface area contributed by atoms with Crippen LogP contribution >= 0.6 is 11.3 Å². The fourth-order valence-corrected chi connectivity index (χ4v) is 11.1. The minimum Gasteiger partial charge on any atom is -0.457 e. The molecule has 66 heavy (non-hydrogen) atoms. The van der Waals surface area contributed by atoms with E-state index in [1.165, 1.54) is 64.7 Å². The minimum atomic E-state index is -0.0432. The van der Waals surface area contributed by atoms with E-state index in [1.807, 2.05) is 17.5 Å². The number of pyridine rings is 1. The Balaban J connectivity index is 1.07. The maximum absolute atomic E-state index is 6.97. The van der Waals surface area contributed by atoms with Crippen LogP contribution < -0.4 is 14.5 Å². The number of nitrogens with zero attached hydrogens (tertiary/aromatic N) is 4. The Hall–Kier alpha value is -7.15. The number of fused-ring (bicyclic) bond motifs is 7. The molecule has 0 radical (unpaired) electrons. The first-order chi connectivity index (χ1) is 32.0. The van der Waals surface area contributed by atoms with Gasteiger partial charge in [0.2, 0.25) is 0 Å². The van der Waals surface area contributed by atoms with Gasteiger partial charge in [-0.25, -0.2) is 4.98 Å². The fourth-order valence-electron chi connectivity index (χ4n) is 9.98. The van der Waals surface area contributed by atoms with Crippen LogP contribution in [0.5, 0.6) is 11.5 Å². The van der Waals surface area contributed by atoms with Gasteiger partial charge >= 0.3 is 0 Å². The Bertz CT molecular complexity index is 3460. The lowest BCUT2D eigenvalue weighted by atomic mass is 9.88. The van der Waals surface area contributed by atoms with E-state index in [4.69, 9.17) is 9.72 Å². The van der Waals surface area contributed by atoms with Gasteiger partial charge in [0.05, 0.1) is 22.4 Å². The molecule has 1 aliphatic rings. The van der Waals surface area contributed by atoms with Crippen molar-refractivity contribution in [3.8, 4) is 17.3 Å². The van der Waals surface area contributed by atoms with Crippen LogP contribution in [0.3, 0.4) is 0 Å². The van der Waals surface area contributed by atoms with E-state index in [-0.39, 0.29) is 5.41 Å². The van der Waals surface area contributed by atoms with E-state index in [0.29, 0.717) is 18.5 Å². The molecule has 326 valence electrons. The molecule has 0 saturated heterocycles. The second-order valence-corrected chi connectivity index (χ2v) is 20.3. The summed E-state index contributed by atoms with van der Waals surface area (Å²) >= 11 is 1.85. The van der Waals surface area contributed by atoms with Gasteiger partial charge in [0.25, 0.3) is 0 Å². The van der Waals surface area contributed by atoms with Crippen molar-refractivity contribution < 1.29 is 4.74 Å². The van der Waals surface area contributed by atoms with Gasteiger partial charge in [-0.1, -0.05) is 158 Å². The number of thiophene rings is 1. The highest BCUT2D eigenvalue weighted by Gasteiger charge is 2.36. The number of anilines is 2. The largest absolute Gasteiger partial charge is 0.457 e. The molecule has 6 heteroatoms. The van der Waals surface area contributed by atoms with Crippen LogP contribution in [0.4, 0.5) is 11.4 Å². The van der Waals surface area contributed by atoms with Crippen LogP contribution in [0.2, 0.25) is 0 Å². The van der Waals surface area contributed by atoms with Gasteiger partial charge in [-0.3, -0.25) is 4.57 Å². The van der Waals surface area contributed by atoms with Crippen molar-refractivity contribution in [2.24, 2.45) is 0 Å². The predicted molar refractivity (Wildman–Crippen MR) is 281 cm³/mol. The van der Waals surface area contributed by atoms with Crippen molar-refractivity contribution in [3.63, 3.8) is 0 Å². The van der Waals surface area contributed by atoms with Crippen molar-refractivity contribution >= 4 is 76.1 Å². The molecule has 4 heterocycles. The molecule has 10 aromatic rings. The van der Waals surface area contributed by atoms with Crippen LogP contribution in [-0.2, 0) is 5.41 Å². The van der Waals surface area contributed by atoms with Crippen LogP contribution in [0.1, 0.15) is 88.1 Å². The number of aromatic nitrogens is 2. The van der Waals surface area contributed by atoms with Gasteiger partial charge in [-0.2, -0.15) is 0 Å². The van der Waals surface area contributed by atoms with Gasteiger partial charge in [0, 0.05) is 71.8 Å². The zero-order valence-electron chi connectivity index (χ0n) is 38.7. The molecule has 0 unspecified atom stereocenters. The first kappa shape index (κ1) is 41.5. The zero-order valence-corrected chi connectivity index (χ0v) is 39.5. The molecule has 0 amide bonds. The highest BCUT2D eigenvalue weighted by atomic mass is 32.1. The Morgan fingerprint density at radius 2 is 1.20 bits per heavy atom. The van der Waals surface area contributed by atoms with Gasteiger partial charge in [-0.05, 0) is 82.5 Å². The molecule has 0 N–H and O–H groups in total. The lowest BCUT2D eigenvalue weighted by molar-refractivity contribution is 0.483. The summed E-state index contributed by atoms with van der Waals surface area (Å²) < 4.78 is 11.9. The molecule has 7 aromatic carbocycles. The highest BCUT2D eigenvalue weighted by Crippen LogP contribution is 2.49. The van der Waals surface area contributed by atoms with Crippen molar-refractivity contribution in [1.82, 2.24) is 9.55 Å². The quantitative estimate of drug-likeness (QED) is 0.145. The van der Waals surface area contributed by atoms with E-state index >= 15 is 0 Å². The molecule has 5 nitrogen and oxygen atoms in total. The van der Waals surface area contributed by atoms with Crippen LogP contribution in [0.25, 0.3) is 59.2 Å². The van der Waals surface area contributed by atoms with Crippen LogP contribution in [0.15, 0.2) is 176 Å². The first-order valence-electron chi connectivity index (χ1n) is 23.2. The maximum atomic E-state index is 6.97. The summed E-state index contributed by atoms with van der Waals surface area (Å²) in [5, 5.41) is 4.89. The number of para-hydroxylation sites is 1. The average molecular weight is 879 g/mol. The van der Waals surface area contributed by atoms with Gasteiger partial charge in [0.1, 0.15) is 24.0 Å². The molecule has 0 spiro atoms. The second-order valence-electron chi connectivity index (χ2n) is 19.2. The number of hydrogen-bond acceptors (Lipinski definition) is 5. The molecule has 0 saturated carbocycles. The minimum absolute atomic E-state index is 0.0432. The highest BCUT2D eigenvalue weighted by molar-refractivity contribution is 7.26. The molecular weight excluding hydrogens is 825 g/mol. The summed E-state index contributed by atoms with van der Waals surface area (Å²) in [6, 6.07) is 61.5. The fraction of sp³-hybridized carbons (Fsp3) is 0.183. The Morgan fingerprint density at radius 3 is 1.89 bits per heavy atom. The maximum Gasteiger partial charge on any atom is 0.137 e. The third-order valence-electron chi connectivity index (χ3n) is 13.2. The van der Waals surface area contributed by atoms with Crippen LogP contribution in [0, 0.1) is 0 Å². The van der Waals surface area contributed by atoms with E-state index in [0.717, 1.165) is 45.2 Å². The number of benzene rings is 7. The van der Waals surface area contributed by atoms with Gasteiger partial charge < -0.3 is 14.5 Å². The van der Waals surface area contributed by atoms with E-state index in [1.54, 1.807) is 0 Å². The SMILES string of the molecule is CC(C)c1cccc(C(C)C)c1N1CN(c2cccc(Oc3ccc4c5ccc6sc7ccccc7c6c5n(-c5cc(C(C)(C)C)ccn5)c4c3)c2)C(c2ccccc2)=C1c1ccccc1. The lowest BCUT2D eigenvalue weighted by Gasteiger charge is -2.31. The summed E-state index contributed by atoms with van der Waals surface area (Å²) in [7, 11) is 0. The monoisotopic (exact) mass is 878 g/mol. The standard InChI is InChI=1S/C60H54N4OS/c1-38(2)46-25-17-26-47(39(3)4)58(46)63-37-62(56(40-18-10-8-11-19-40)57(63)41-20-12-9-13-21-41)43-22-16-23-44(35-43)65-45-28-29-48-49-30-31-53-55(50-24-14-15-27-52(50)66-53)59(49)64(51(48)36-45)54-34-42(32-33-61-54)60(5,6)7/h8-36,38-39H,37H2,1-7H3. The zero-order chi connectivity index (χ0) is 45.3. The normalized spacial score (nSPS) is 13.5. The van der Waals surface area contributed by atoms with E-state index in [9.17, 15) is 0 Å². The molecular formula is C60H54N4OS. The van der Waals surface area contributed by atoms with Crippen molar-refractivity contribution in [1.29, 1.82) is 0 Å². The molecule has 0 atom stereocenters. The third-order valence-corrected chi connectivity index (χ3v) is 14.3. The lowest BCUT2D eigenvalue weighted by Crippen LogP contribution is -2.29. The molecule has 0 aliphatic carbocycles. The van der Waals surface area contributed by atoms with E-state index in [2.05, 4.69) is 233 Å². The summed E-state index contributed by atoms with van der Waals surface area (Å²) in [4.78, 5) is 10.1. The Morgan fingerprint density at radius 1 is 0.561 bits per heavy atom. The van der Waals surface area contributed by atoms with Gasteiger partial charge in [-0.15, -0.1) is 11.3 Å². The summed E-state index contributed by atoms with van der Waals surface area (Å²) in [5.74, 6) is 3.11. The first-order valence-corrected chi connectivity index (χ1v) is 24.0. The topological polar surface area (TPSA) is 33.5 Å². The second kappa shape index (κ2) is 16.4. The molecule has 3 aromatic heterocycles. The molecule has 0 bridgehead atoms. The van der Waals surface area contributed by atoms with Crippen molar-refractivity contribution in [2.45, 2.75) is 65.7 Å². The van der Waals surface area contributed by atoms with Gasteiger partial charge in [0.15, 0.2) is 0 Å². The Labute approximate surface area is 391 Å². The predicted octanol–water partition coefficient (Wildman–Crippen LogP) is 16.7. The number of hydrogen-bond donors (Lipinski definition) is 0. The third kappa shape index (κ3) is 7.12. The average Bonchev–Trinajstić information content (AvgIpc) is 4.01. The van der Waals surface area contributed by atoms with Crippen molar-refractivity contribution in [2.75, 3.05) is 16.5 Å². The number of rotatable bonds is 9. The molecule has 1 aliphatic heterocycles. The summed E-state index contributed by atoms with van der Waals surface area (Å²) in [5.41, 5.74) is 13.2. The van der Waals surface area contributed by atoms with Crippen LogP contribution in [-0.4, -0.2) is 16.2 Å².